The minimum Gasteiger partial charge on any atom is -0.393 e. The number of anilines is 2. The van der Waals surface area contributed by atoms with Gasteiger partial charge in [-0.15, -0.1) is 0 Å². The summed E-state index contributed by atoms with van der Waals surface area (Å²) in [6, 6.07) is 12.7. The molecule has 0 atom stereocenters. The number of hydrogen-bond acceptors (Lipinski definition) is 5. The largest absolute Gasteiger partial charge is 0.393 e. The monoisotopic (exact) mass is 461 g/mol. The number of rotatable bonds is 5. The van der Waals surface area contributed by atoms with Gasteiger partial charge >= 0.3 is 0 Å². The number of aliphatic hydroxyl groups is 1. The fourth-order valence-electron chi connectivity index (χ4n) is 4.49. The third kappa shape index (κ3) is 4.54. The first-order valence-electron chi connectivity index (χ1n) is 11.4. The normalized spacial score (nSPS) is 18.1. The minimum absolute atomic E-state index is 0.172. The number of nitrogens with one attached hydrogen (secondary N) is 1. The summed E-state index contributed by atoms with van der Waals surface area (Å²) in [5.41, 5.74) is 4.43. The summed E-state index contributed by atoms with van der Waals surface area (Å²) >= 11 is 0. The molecule has 34 heavy (non-hydrogen) atoms. The van der Waals surface area contributed by atoms with Crippen molar-refractivity contribution in [2.45, 2.75) is 44.8 Å². The van der Waals surface area contributed by atoms with Crippen molar-refractivity contribution in [1.82, 2.24) is 19.5 Å². The first kappa shape index (κ1) is 22.2. The summed E-state index contributed by atoms with van der Waals surface area (Å²) < 4.78 is 29.2. The van der Waals surface area contributed by atoms with Crippen molar-refractivity contribution in [3.8, 4) is 22.6 Å². The van der Waals surface area contributed by atoms with Crippen LogP contribution < -0.4 is 5.32 Å². The number of aromatic nitrogens is 4. The van der Waals surface area contributed by atoms with Crippen molar-refractivity contribution in [2.75, 3.05) is 5.32 Å². The minimum atomic E-state index is -0.311. The number of aryl methyl sites for hydroxylation is 1. The molecule has 174 valence electrons. The lowest BCUT2D eigenvalue weighted by atomic mass is 9.92. The third-order valence-electron chi connectivity index (χ3n) is 6.30. The van der Waals surface area contributed by atoms with Gasteiger partial charge in [-0.25, -0.2) is 23.7 Å². The molecule has 2 N–H and O–H groups in total. The maximum Gasteiger partial charge on any atom is 0.227 e. The molecule has 4 aromatic rings. The van der Waals surface area contributed by atoms with Gasteiger partial charge < -0.3 is 15.0 Å². The second-order valence-electron chi connectivity index (χ2n) is 8.67. The van der Waals surface area contributed by atoms with E-state index in [1.807, 2.05) is 13.0 Å². The maximum absolute atomic E-state index is 13.6. The summed E-state index contributed by atoms with van der Waals surface area (Å²) in [6.07, 6.45) is 6.32. The van der Waals surface area contributed by atoms with E-state index in [1.54, 1.807) is 30.7 Å². The first-order valence-corrected chi connectivity index (χ1v) is 11.4. The van der Waals surface area contributed by atoms with Crippen molar-refractivity contribution >= 4 is 11.6 Å². The third-order valence-corrected chi connectivity index (χ3v) is 6.30. The molecular formula is C26H25F2N5O. The van der Waals surface area contributed by atoms with Gasteiger partial charge in [0, 0.05) is 23.5 Å². The van der Waals surface area contributed by atoms with E-state index < -0.39 is 0 Å². The fraction of sp³-hybridized carbons (Fsp3) is 0.269. The van der Waals surface area contributed by atoms with Gasteiger partial charge in [0.1, 0.15) is 11.6 Å². The van der Waals surface area contributed by atoms with Crippen LogP contribution >= 0.6 is 0 Å². The number of halogens is 2. The molecule has 0 spiro atoms. The van der Waals surface area contributed by atoms with Gasteiger partial charge in [0.15, 0.2) is 0 Å². The number of hydrogen-bond donors (Lipinski definition) is 2. The van der Waals surface area contributed by atoms with Crippen LogP contribution in [0, 0.1) is 18.6 Å². The van der Waals surface area contributed by atoms with Crippen LogP contribution in [0.1, 0.15) is 37.3 Å². The molecular weight excluding hydrogens is 436 g/mol. The predicted octanol–water partition coefficient (Wildman–Crippen LogP) is 5.81. The topological polar surface area (TPSA) is 75.9 Å². The molecule has 1 aliphatic rings. The van der Waals surface area contributed by atoms with E-state index in [-0.39, 0.29) is 23.8 Å². The Hall–Kier alpha value is -3.65. The van der Waals surface area contributed by atoms with E-state index in [0.29, 0.717) is 23.0 Å². The van der Waals surface area contributed by atoms with Crippen molar-refractivity contribution < 1.29 is 13.9 Å². The van der Waals surface area contributed by atoms with Crippen LogP contribution in [-0.2, 0) is 0 Å². The molecule has 1 aliphatic carbocycles. The Morgan fingerprint density at radius 2 is 1.68 bits per heavy atom. The maximum atomic E-state index is 13.6. The van der Waals surface area contributed by atoms with Gasteiger partial charge in [-0.3, -0.25) is 0 Å². The first-order chi connectivity index (χ1) is 16.5. The number of aliphatic hydroxyl groups excluding tert-OH is 1. The van der Waals surface area contributed by atoms with Crippen LogP contribution in [0.4, 0.5) is 20.4 Å². The Bertz CT molecular complexity index is 1300. The molecule has 0 aliphatic heterocycles. The highest BCUT2D eigenvalue weighted by Gasteiger charge is 2.26. The van der Waals surface area contributed by atoms with Crippen molar-refractivity contribution in [1.29, 1.82) is 0 Å². The van der Waals surface area contributed by atoms with E-state index >= 15 is 0 Å². The molecule has 0 radical (unpaired) electrons. The summed E-state index contributed by atoms with van der Waals surface area (Å²) in [5, 5.41) is 13.1. The van der Waals surface area contributed by atoms with Crippen LogP contribution in [0.15, 0.2) is 61.1 Å². The zero-order chi connectivity index (χ0) is 23.7. The van der Waals surface area contributed by atoms with Crippen LogP contribution in [0.25, 0.3) is 22.6 Å². The number of benzene rings is 2. The number of nitrogens with zero attached hydrogens (tertiary/aromatic N) is 4. The lowest BCUT2D eigenvalue weighted by Gasteiger charge is -2.28. The van der Waals surface area contributed by atoms with E-state index in [2.05, 4.69) is 19.9 Å². The summed E-state index contributed by atoms with van der Waals surface area (Å²) in [5.74, 6) is -0.235. The predicted molar refractivity (Wildman–Crippen MR) is 127 cm³/mol. The van der Waals surface area contributed by atoms with E-state index in [0.717, 1.165) is 42.5 Å². The summed E-state index contributed by atoms with van der Waals surface area (Å²) in [6.45, 7) is 1.81. The highest BCUT2D eigenvalue weighted by Crippen LogP contribution is 2.37. The van der Waals surface area contributed by atoms with Gasteiger partial charge in [0.2, 0.25) is 5.95 Å². The lowest BCUT2D eigenvalue weighted by molar-refractivity contribution is 0.111. The van der Waals surface area contributed by atoms with Gasteiger partial charge in [0.25, 0.3) is 0 Å². The molecule has 2 aromatic carbocycles. The average Bonchev–Trinajstić information content (AvgIpc) is 3.27. The fourth-order valence-corrected chi connectivity index (χ4v) is 4.49. The smallest absolute Gasteiger partial charge is 0.227 e. The highest BCUT2D eigenvalue weighted by molar-refractivity contribution is 5.77. The molecule has 2 heterocycles. The van der Waals surface area contributed by atoms with E-state index in [4.69, 9.17) is 4.98 Å². The van der Waals surface area contributed by atoms with E-state index in [1.165, 1.54) is 24.3 Å². The standard InChI is InChI=1S/C26H25F2N5O/c1-16-14-19(28)6-11-22(16)31-26-29-13-12-23(32-26)25-24(17-2-4-18(27)5-3-17)30-15-33(25)20-7-9-21(34)10-8-20/h2-6,11-15,20-21,34H,7-10H2,1H3,(H,29,31,32). The quantitative estimate of drug-likeness (QED) is 0.392. The number of imidazole rings is 1. The Kier molecular flexibility index (Phi) is 6.06. The zero-order valence-electron chi connectivity index (χ0n) is 18.7. The molecule has 8 heteroatoms. The van der Waals surface area contributed by atoms with Gasteiger partial charge in [0.05, 0.1) is 29.5 Å². The molecule has 5 rings (SSSR count). The molecule has 0 amide bonds. The van der Waals surface area contributed by atoms with E-state index in [9.17, 15) is 13.9 Å². The van der Waals surface area contributed by atoms with Crippen LogP contribution in [-0.4, -0.2) is 30.7 Å². The molecule has 1 fully saturated rings. The molecule has 2 aromatic heterocycles. The second-order valence-corrected chi connectivity index (χ2v) is 8.67. The van der Waals surface area contributed by atoms with Crippen molar-refractivity contribution in [2.24, 2.45) is 0 Å². The summed E-state index contributed by atoms with van der Waals surface area (Å²) in [7, 11) is 0. The average molecular weight is 462 g/mol. The van der Waals surface area contributed by atoms with Crippen molar-refractivity contribution in [3.63, 3.8) is 0 Å². The second kappa shape index (κ2) is 9.30. The lowest BCUT2D eigenvalue weighted by Crippen LogP contribution is -2.21. The van der Waals surface area contributed by atoms with Gasteiger partial charge in [-0.1, -0.05) is 0 Å². The molecule has 0 unspecified atom stereocenters. The van der Waals surface area contributed by atoms with Crippen LogP contribution in [0.2, 0.25) is 0 Å². The Labute approximate surface area is 196 Å². The Balaban J connectivity index is 1.56. The van der Waals surface area contributed by atoms with Gasteiger partial charge in [-0.2, -0.15) is 0 Å². The Morgan fingerprint density at radius 1 is 0.941 bits per heavy atom. The highest BCUT2D eigenvalue weighted by atomic mass is 19.1. The summed E-state index contributed by atoms with van der Waals surface area (Å²) in [4.78, 5) is 13.8. The SMILES string of the molecule is Cc1cc(F)ccc1Nc1nccc(-c2c(-c3ccc(F)cc3)ncn2C2CCC(O)CC2)n1. The van der Waals surface area contributed by atoms with Gasteiger partial charge in [-0.05, 0) is 86.7 Å². The molecule has 0 saturated heterocycles. The van der Waals surface area contributed by atoms with Crippen LogP contribution in [0.5, 0.6) is 0 Å². The zero-order valence-corrected chi connectivity index (χ0v) is 18.7. The van der Waals surface area contributed by atoms with Crippen LogP contribution in [0.3, 0.4) is 0 Å². The molecule has 6 nitrogen and oxygen atoms in total. The molecule has 0 bridgehead atoms. The molecule has 1 saturated carbocycles. The van der Waals surface area contributed by atoms with Crippen molar-refractivity contribution in [3.05, 3.63) is 78.3 Å². The Morgan fingerprint density at radius 3 is 2.41 bits per heavy atom.